The van der Waals surface area contributed by atoms with Gasteiger partial charge in [0.25, 0.3) is 0 Å². The van der Waals surface area contributed by atoms with Gasteiger partial charge in [-0.25, -0.2) is 0 Å². The van der Waals surface area contributed by atoms with Crippen molar-refractivity contribution in [3.63, 3.8) is 0 Å². The van der Waals surface area contributed by atoms with E-state index >= 15 is 0 Å². The standard InChI is InChI=1S/C14H12ClN3/c1-10(14-4-2-3-7-17-14)18-12-5-6-13(15)11(8-12)9-16/h2-8,10,18H,1H3. The average molecular weight is 258 g/mol. The molecule has 0 radical (unpaired) electrons. The average Bonchev–Trinajstić information content (AvgIpc) is 2.42. The molecule has 0 bridgehead atoms. The van der Waals surface area contributed by atoms with Crippen LogP contribution in [-0.2, 0) is 0 Å². The Balaban J connectivity index is 2.18. The molecule has 2 rings (SSSR count). The maximum atomic E-state index is 8.92. The monoisotopic (exact) mass is 257 g/mol. The first kappa shape index (κ1) is 12.4. The summed E-state index contributed by atoms with van der Waals surface area (Å²) < 4.78 is 0. The highest BCUT2D eigenvalue weighted by atomic mass is 35.5. The van der Waals surface area contributed by atoms with Crippen LogP contribution in [0.15, 0.2) is 42.6 Å². The maximum Gasteiger partial charge on any atom is 0.101 e. The van der Waals surface area contributed by atoms with Gasteiger partial charge in [0.05, 0.1) is 22.3 Å². The second-order valence-corrected chi connectivity index (χ2v) is 4.33. The minimum Gasteiger partial charge on any atom is -0.377 e. The summed E-state index contributed by atoms with van der Waals surface area (Å²) in [5, 5.41) is 12.7. The van der Waals surface area contributed by atoms with Crippen LogP contribution in [0.1, 0.15) is 24.2 Å². The quantitative estimate of drug-likeness (QED) is 0.910. The zero-order chi connectivity index (χ0) is 13.0. The number of halogens is 1. The highest BCUT2D eigenvalue weighted by Gasteiger charge is 2.07. The summed E-state index contributed by atoms with van der Waals surface area (Å²) >= 11 is 5.89. The van der Waals surface area contributed by atoms with Crippen molar-refractivity contribution >= 4 is 17.3 Å². The molecule has 1 atom stereocenters. The molecule has 0 saturated carbocycles. The highest BCUT2D eigenvalue weighted by Crippen LogP contribution is 2.22. The number of benzene rings is 1. The third kappa shape index (κ3) is 2.79. The fourth-order valence-corrected chi connectivity index (χ4v) is 1.82. The predicted octanol–water partition coefficient (Wildman–Crippen LogP) is 3.78. The van der Waals surface area contributed by atoms with Crippen molar-refractivity contribution in [2.75, 3.05) is 5.32 Å². The van der Waals surface area contributed by atoms with Gasteiger partial charge in [0.15, 0.2) is 0 Å². The van der Waals surface area contributed by atoms with Crippen molar-refractivity contribution in [1.29, 1.82) is 5.26 Å². The Bertz CT molecular complexity index is 575. The number of rotatable bonds is 3. The van der Waals surface area contributed by atoms with Crippen molar-refractivity contribution in [2.24, 2.45) is 0 Å². The van der Waals surface area contributed by atoms with E-state index in [4.69, 9.17) is 16.9 Å². The van der Waals surface area contributed by atoms with Gasteiger partial charge >= 0.3 is 0 Å². The molecule has 1 heterocycles. The maximum absolute atomic E-state index is 8.92. The van der Waals surface area contributed by atoms with Gasteiger partial charge in [-0.15, -0.1) is 0 Å². The lowest BCUT2D eigenvalue weighted by Crippen LogP contribution is -2.08. The van der Waals surface area contributed by atoms with Crippen molar-refractivity contribution in [2.45, 2.75) is 13.0 Å². The minimum atomic E-state index is 0.0684. The van der Waals surface area contributed by atoms with E-state index in [1.807, 2.05) is 31.2 Å². The predicted molar refractivity (Wildman–Crippen MR) is 72.4 cm³/mol. The third-order valence-corrected chi connectivity index (χ3v) is 2.93. The van der Waals surface area contributed by atoms with E-state index in [1.165, 1.54) is 0 Å². The molecule has 90 valence electrons. The Morgan fingerprint density at radius 3 is 2.83 bits per heavy atom. The molecule has 0 aliphatic heterocycles. The van der Waals surface area contributed by atoms with E-state index in [0.717, 1.165) is 11.4 Å². The Kier molecular flexibility index (Phi) is 3.81. The summed E-state index contributed by atoms with van der Waals surface area (Å²) in [6.45, 7) is 2.02. The third-order valence-electron chi connectivity index (χ3n) is 2.60. The lowest BCUT2D eigenvalue weighted by atomic mass is 10.1. The number of hydrogen-bond acceptors (Lipinski definition) is 3. The molecule has 0 saturated heterocycles. The minimum absolute atomic E-state index is 0.0684. The van der Waals surface area contributed by atoms with Crippen molar-refractivity contribution < 1.29 is 0 Å². The molecule has 4 heteroatoms. The van der Waals surface area contributed by atoms with E-state index in [1.54, 1.807) is 18.3 Å². The topological polar surface area (TPSA) is 48.7 Å². The number of nitriles is 1. The van der Waals surface area contributed by atoms with E-state index < -0.39 is 0 Å². The van der Waals surface area contributed by atoms with Crippen LogP contribution in [0.3, 0.4) is 0 Å². The van der Waals surface area contributed by atoms with Gasteiger partial charge in [-0.2, -0.15) is 5.26 Å². The fraction of sp³-hybridized carbons (Fsp3) is 0.143. The second-order valence-electron chi connectivity index (χ2n) is 3.93. The summed E-state index contributed by atoms with van der Waals surface area (Å²) in [5.41, 5.74) is 2.27. The van der Waals surface area contributed by atoms with Gasteiger partial charge in [0, 0.05) is 11.9 Å². The number of pyridine rings is 1. The SMILES string of the molecule is CC(Nc1ccc(Cl)c(C#N)c1)c1ccccn1. The zero-order valence-electron chi connectivity index (χ0n) is 9.89. The van der Waals surface area contributed by atoms with Crippen LogP contribution >= 0.6 is 11.6 Å². The van der Waals surface area contributed by atoms with Gasteiger partial charge < -0.3 is 5.32 Å². The summed E-state index contributed by atoms with van der Waals surface area (Å²) in [7, 11) is 0. The van der Waals surface area contributed by atoms with Crippen LogP contribution in [0.2, 0.25) is 5.02 Å². The van der Waals surface area contributed by atoms with E-state index in [-0.39, 0.29) is 6.04 Å². The van der Waals surface area contributed by atoms with E-state index in [2.05, 4.69) is 16.4 Å². The number of hydrogen-bond donors (Lipinski definition) is 1. The molecule has 18 heavy (non-hydrogen) atoms. The molecule has 1 aromatic carbocycles. The Hall–Kier alpha value is -2.05. The van der Waals surface area contributed by atoms with Crippen LogP contribution < -0.4 is 5.32 Å². The molecule has 3 nitrogen and oxygen atoms in total. The van der Waals surface area contributed by atoms with Crippen LogP contribution in [0.5, 0.6) is 0 Å². The molecule has 2 aromatic rings. The van der Waals surface area contributed by atoms with Crippen molar-refractivity contribution in [3.05, 3.63) is 58.9 Å². The summed E-state index contributed by atoms with van der Waals surface area (Å²) in [6, 6.07) is 13.2. The molecule has 1 unspecified atom stereocenters. The van der Waals surface area contributed by atoms with Crippen LogP contribution in [0.4, 0.5) is 5.69 Å². The second kappa shape index (κ2) is 5.52. The normalized spacial score (nSPS) is 11.6. The highest BCUT2D eigenvalue weighted by molar-refractivity contribution is 6.31. The van der Waals surface area contributed by atoms with Gasteiger partial charge in [-0.1, -0.05) is 17.7 Å². The number of anilines is 1. The van der Waals surface area contributed by atoms with Crippen molar-refractivity contribution in [1.82, 2.24) is 4.98 Å². The number of nitrogens with one attached hydrogen (secondary N) is 1. The van der Waals surface area contributed by atoms with E-state index in [0.29, 0.717) is 10.6 Å². The Morgan fingerprint density at radius 2 is 2.17 bits per heavy atom. The molecular weight excluding hydrogens is 246 g/mol. The van der Waals surface area contributed by atoms with Gasteiger partial charge in [-0.05, 0) is 37.3 Å². The van der Waals surface area contributed by atoms with Gasteiger partial charge in [0.1, 0.15) is 6.07 Å². The number of aromatic nitrogens is 1. The summed E-state index contributed by atoms with van der Waals surface area (Å²) in [4.78, 5) is 4.28. The molecule has 0 spiro atoms. The molecule has 0 amide bonds. The molecule has 0 fully saturated rings. The molecule has 1 N–H and O–H groups in total. The van der Waals surface area contributed by atoms with Crippen LogP contribution in [-0.4, -0.2) is 4.98 Å². The largest absolute Gasteiger partial charge is 0.377 e. The molecule has 1 aromatic heterocycles. The summed E-state index contributed by atoms with van der Waals surface area (Å²) in [6.07, 6.45) is 1.76. The first-order valence-electron chi connectivity index (χ1n) is 5.58. The Labute approximate surface area is 111 Å². The summed E-state index contributed by atoms with van der Waals surface area (Å²) in [5.74, 6) is 0. The van der Waals surface area contributed by atoms with Crippen molar-refractivity contribution in [3.8, 4) is 6.07 Å². The lowest BCUT2D eigenvalue weighted by Gasteiger charge is -2.15. The first-order chi connectivity index (χ1) is 8.70. The zero-order valence-corrected chi connectivity index (χ0v) is 10.6. The van der Waals surface area contributed by atoms with E-state index in [9.17, 15) is 0 Å². The van der Waals surface area contributed by atoms with Crippen LogP contribution in [0, 0.1) is 11.3 Å². The molecule has 0 aliphatic rings. The number of nitrogens with zero attached hydrogens (tertiary/aromatic N) is 2. The van der Waals surface area contributed by atoms with Gasteiger partial charge in [0.2, 0.25) is 0 Å². The van der Waals surface area contributed by atoms with Crippen LogP contribution in [0.25, 0.3) is 0 Å². The molecule has 0 aliphatic carbocycles. The smallest absolute Gasteiger partial charge is 0.101 e. The Morgan fingerprint density at radius 1 is 1.33 bits per heavy atom. The van der Waals surface area contributed by atoms with Gasteiger partial charge in [-0.3, -0.25) is 4.98 Å². The fourth-order valence-electron chi connectivity index (χ4n) is 1.66. The molecular formula is C14H12ClN3. The first-order valence-corrected chi connectivity index (χ1v) is 5.95. The lowest BCUT2D eigenvalue weighted by molar-refractivity contribution is 0.839.